The van der Waals surface area contributed by atoms with Gasteiger partial charge in [-0.15, -0.1) is 0 Å². The van der Waals surface area contributed by atoms with Crippen molar-refractivity contribution in [2.45, 2.75) is 39.7 Å². The van der Waals surface area contributed by atoms with Gasteiger partial charge in [-0.3, -0.25) is 10.1 Å². The second-order valence-electron chi connectivity index (χ2n) is 7.22. The lowest BCUT2D eigenvalue weighted by molar-refractivity contribution is -0.386. The molecule has 3 aromatic rings. The fourth-order valence-electron chi connectivity index (χ4n) is 3.56. The molecule has 0 aliphatic heterocycles. The molecule has 0 aliphatic carbocycles. The third kappa shape index (κ3) is 4.72. The predicted octanol–water partition coefficient (Wildman–Crippen LogP) is 5.61. The van der Waals surface area contributed by atoms with E-state index >= 15 is 0 Å². The summed E-state index contributed by atoms with van der Waals surface area (Å²) < 4.78 is 13.0. The molecule has 0 bridgehead atoms. The van der Waals surface area contributed by atoms with Crippen LogP contribution in [0.15, 0.2) is 36.4 Å². The van der Waals surface area contributed by atoms with E-state index in [1.807, 2.05) is 35.8 Å². The van der Waals surface area contributed by atoms with Gasteiger partial charge in [0.2, 0.25) is 5.75 Å². The Hall–Kier alpha value is -3.86. The number of aromatic nitrogens is 2. The fraction of sp³-hybridized carbons (Fsp3) is 0.333. The molecule has 0 atom stereocenters. The first kappa shape index (κ1) is 22.8. The number of ether oxygens (including phenoxy) is 2. The summed E-state index contributed by atoms with van der Waals surface area (Å²) in [5.74, 6) is 0.867. The Morgan fingerprint density at radius 1 is 1.28 bits per heavy atom. The van der Waals surface area contributed by atoms with Crippen LogP contribution in [0.1, 0.15) is 44.5 Å². The summed E-state index contributed by atoms with van der Waals surface area (Å²) in [6.45, 7) is 5.04. The van der Waals surface area contributed by atoms with Crippen molar-refractivity contribution in [2.75, 3.05) is 13.7 Å². The summed E-state index contributed by atoms with van der Waals surface area (Å²) in [6.07, 6.45) is 4.38. The van der Waals surface area contributed by atoms with Crippen LogP contribution in [0.3, 0.4) is 0 Å². The molecule has 0 amide bonds. The molecule has 8 nitrogen and oxygen atoms in total. The van der Waals surface area contributed by atoms with Crippen LogP contribution >= 0.6 is 0 Å². The Kier molecular flexibility index (Phi) is 7.45. The van der Waals surface area contributed by atoms with Gasteiger partial charge in [0, 0.05) is 12.6 Å². The SMILES string of the molecule is CCCCCOc1c(OC)cc(/C=C(/C#N)c2nc3ccccc3n2CC)cc1[N+](=O)[O-]. The maximum absolute atomic E-state index is 11.7. The average Bonchev–Trinajstić information content (AvgIpc) is 3.18. The standard InChI is InChI=1S/C24H26N4O4/c1-4-6-9-12-32-23-21(28(29)30)14-17(15-22(23)31-3)13-18(16-25)24-26-19-10-7-8-11-20(19)27(24)5-2/h7-8,10-11,13-15H,4-6,9,12H2,1-3H3/b18-13-. The van der Waals surface area contributed by atoms with Crippen LogP contribution < -0.4 is 9.47 Å². The van der Waals surface area contributed by atoms with Crippen molar-refractivity contribution >= 4 is 28.4 Å². The van der Waals surface area contributed by atoms with Crippen LogP contribution in [0, 0.1) is 21.4 Å². The monoisotopic (exact) mass is 434 g/mol. The van der Waals surface area contributed by atoms with Crippen LogP contribution in [0.5, 0.6) is 11.5 Å². The molecular formula is C24H26N4O4. The Bertz CT molecular complexity index is 1190. The predicted molar refractivity (Wildman–Crippen MR) is 124 cm³/mol. The van der Waals surface area contributed by atoms with Crippen LogP contribution in [0.4, 0.5) is 5.69 Å². The van der Waals surface area contributed by atoms with Gasteiger partial charge in [0.1, 0.15) is 6.07 Å². The highest BCUT2D eigenvalue weighted by atomic mass is 16.6. The topological polar surface area (TPSA) is 103 Å². The number of benzene rings is 2. The molecular weight excluding hydrogens is 408 g/mol. The third-order valence-electron chi connectivity index (χ3n) is 5.11. The number of allylic oxidation sites excluding steroid dienone is 1. The molecule has 0 unspecified atom stereocenters. The van der Waals surface area contributed by atoms with Gasteiger partial charge in [-0.2, -0.15) is 5.26 Å². The number of nitro benzene ring substituents is 1. The summed E-state index contributed by atoms with van der Waals surface area (Å²) in [5.41, 5.74) is 2.26. The number of nitro groups is 1. The number of para-hydroxylation sites is 2. The zero-order valence-electron chi connectivity index (χ0n) is 18.5. The molecule has 0 saturated carbocycles. The van der Waals surface area contributed by atoms with E-state index < -0.39 is 4.92 Å². The zero-order valence-corrected chi connectivity index (χ0v) is 18.5. The summed E-state index contributed by atoms with van der Waals surface area (Å²) >= 11 is 0. The van der Waals surface area contributed by atoms with Crippen molar-refractivity contribution in [1.82, 2.24) is 9.55 Å². The van der Waals surface area contributed by atoms with Crippen molar-refractivity contribution in [1.29, 1.82) is 5.26 Å². The number of rotatable bonds is 10. The quantitative estimate of drug-likeness (QED) is 0.178. The molecule has 0 spiro atoms. The molecule has 0 N–H and O–H groups in total. The van der Waals surface area contributed by atoms with Crippen molar-refractivity contribution in [2.24, 2.45) is 0 Å². The molecule has 0 saturated heterocycles. The minimum atomic E-state index is -0.498. The highest BCUT2D eigenvalue weighted by molar-refractivity contribution is 5.91. The van der Waals surface area contributed by atoms with E-state index in [2.05, 4.69) is 18.0 Å². The Morgan fingerprint density at radius 3 is 2.72 bits per heavy atom. The largest absolute Gasteiger partial charge is 0.493 e. The third-order valence-corrected chi connectivity index (χ3v) is 5.11. The lowest BCUT2D eigenvalue weighted by Crippen LogP contribution is -2.03. The first-order valence-corrected chi connectivity index (χ1v) is 10.6. The Morgan fingerprint density at radius 2 is 2.06 bits per heavy atom. The van der Waals surface area contributed by atoms with E-state index in [0.717, 1.165) is 30.3 Å². The van der Waals surface area contributed by atoms with Gasteiger partial charge >= 0.3 is 5.69 Å². The van der Waals surface area contributed by atoms with E-state index in [1.54, 1.807) is 12.1 Å². The van der Waals surface area contributed by atoms with Crippen LogP contribution in [-0.2, 0) is 6.54 Å². The maximum Gasteiger partial charge on any atom is 0.315 e. The molecule has 1 heterocycles. The van der Waals surface area contributed by atoms with Gasteiger partial charge in [-0.1, -0.05) is 31.9 Å². The summed E-state index contributed by atoms with van der Waals surface area (Å²) in [4.78, 5) is 15.9. The van der Waals surface area contributed by atoms with Crippen molar-refractivity contribution in [3.05, 3.63) is 57.9 Å². The summed E-state index contributed by atoms with van der Waals surface area (Å²) in [5, 5.41) is 21.6. The van der Waals surface area contributed by atoms with Gasteiger partial charge in [0.25, 0.3) is 0 Å². The number of nitriles is 1. The molecule has 32 heavy (non-hydrogen) atoms. The average molecular weight is 434 g/mol. The van der Waals surface area contributed by atoms with Crippen molar-refractivity contribution in [3.63, 3.8) is 0 Å². The van der Waals surface area contributed by atoms with Gasteiger partial charge < -0.3 is 14.0 Å². The number of hydrogen-bond donors (Lipinski definition) is 0. The minimum absolute atomic E-state index is 0.102. The second kappa shape index (κ2) is 10.4. The van der Waals surface area contributed by atoms with Crippen molar-refractivity contribution in [3.8, 4) is 17.6 Å². The van der Waals surface area contributed by atoms with Crippen LogP contribution in [-0.4, -0.2) is 28.2 Å². The highest BCUT2D eigenvalue weighted by Gasteiger charge is 2.23. The number of unbranched alkanes of at least 4 members (excludes halogenated alkanes) is 2. The fourth-order valence-corrected chi connectivity index (χ4v) is 3.56. The minimum Gasteiger partial charge on any atom is -0.493 e. The van der Waals surface area contributed by atoms with Crippen molar-refractivity contribution < 1.29 is 14.4 Å². The Balaban J connectivity index is 2.07. The molecule has 166 valence electrons. The second-order valence-corrected chi connectivity index (χ2v) is 7.22. The highest BCUT2D eigenvalue weighted by Crippen LogP contribution is 2.39. The van der Waals surface area contributed by atoms with Gasteiger partial charge in [-0.05, 0) is 43.2 Å². The molecule has 0 radical (unpaired) electrons. The smallest absolute Gasteiger partial charge is 0.315 e. The van der Waals surface area contributed by atoms with E-state index in [-0.39, 0.29) is 17.2 Å². The Labute approximate surface area is 186 Å². The van der Waals surface area contributed by atoms with Crippen LogP contribution in [0.25, 0.3) is 22.7 Å². The van der Waals surface area contributed by atoms with E-state index in [0.29, 0.717) is 30.1 Å². The molecule has 3 rings (SSSR count). The normalized spacial score (nSPS) is 11.4. The van der Waals surface area contributed by atoms with E-state index in [1.165, 1.54) is 13.2 Å². The van der Waals surface area contributed by atoms with Gasteiger partial charge in [-0.25, -0.2) is 4.98 Å². The molecule has 2 aromatic carbocycles. The number of methoxy groups -OCH3 is 1. The molecule has 0 fully saturated rings. The molecule has 1 aromatic heterocycles. The number of imidazole rings is 1. The number of hydrogen-bond acceptors (Lipinski definition) is 6. The lowest BCUT2D eigenvalue weighted by Gasteiger charge is -2.12. The summed E-state index contributed by atoms with van der Waals surface area (Å²) in [6, 6.07) is 12.9. The number of nitrogens with zero attached hydrogens (tertiary/aromatic N) is 4. The first-order chi connectivity index (χ1) is 15.5. The molecule has 0 aliphatic rings. The molecule has 8 heteroatoms. The number of fused-ring (bicyclic) bond motifs is 1. The first-order valence-electron chi connectivity index (χ1n) is 10.6. The zero-order chi connectivity index (χ0) is 23.1. The summed E-state index contributed by atoms with van der Waals surface area (Å²) in [7, 11) is 1.44. The van der Waals surface area contributed by atoms with Gasteiger partial charge in [0.15, 0.2) is 11.6 Å². The number of aryl methyl sites for hydroxylation is 1. The van der Waals surface area contributed by atoms with E-state index in [9.17, 15) is 15.4 Å². The van der Waals surface area contributed by atoms with Crippen LogP contribution in [0.2, 0.25) is 0 Å². The van der Waals surface area contributed by atoms with E-state index in [4.69, 9.17) is 9.47 Å². The van der Waals surface area contributed by atoms with Gasteiger partial charge in [0.05, 0.1) is 35.2 Å². The maximum atomic E-state index is 11.7. The lowest BCUT2D eigenvalue weighted by atomic mass is 10.1.